The molecule has 8 heteroatoms. The van der Waals surface area contributed by atoms with Crippen LogP contribution in [0.25, 0.3) is 0 Å². The van der Waals surface area contributed by atoms with Gasteiger partial charge in [-0.1, -0.05) is 31.6 Å². The van der Waals surface area contributed by atoms with Gasteiger partial charge < -0.3 is 28.6 Å². The Bertz CT molecular complexity index is 710. The lowest BCUT2D eigenvalue weighted by Crippen LogP contribution is -2.35. The fourth-order valence-electron chi connectivity index (χ4n) is 3.12. The molecule has 0 aliphatic heterocycles. The number of ether oxygens (including phenoxy) is 5. The number of hydrogen-bond donors (Lipinski definition) is 0. The van der Waals surface area contributed by atoms with Crippen LogP contribution >= 0.6 is 0 Å². The first-order chi connectivity index (χ1) is 16.6. The standard InChI is InChI=1S/C26H41NO7/c1-5-7-12-30-13-14-31-15-16-32-17-18-33-19-20-34-24-11-8-10-23(21-28)25(24)26(29)27(4)22(3)9-6-2/h5,8,10-11,21-22H,1,6-7,9,12-20H2,2-4H3. The Balaban J connectivity index is 2.28. The molecule has 0 saturated heterocycles. The third-order valence-electron chi connectivity index (χ3n) is 5.15. The Labute approximate surface area is 204 Å². The molecule has 0 aliphatic rings. The molecule has 0 bridgehead atoms. The van der Waals surface area contributed by atoms with Gasteiger partial charge in [-0.2, -0.15) is 0 Å². The van der Waals surface area contributed by atoms with E-state index in [4.69, 9.17) is 23.7 Å². The minimum Gasteiger partial charge on any atom is -0.490 e. The molecule has 0 saturated carbocycles. The second kappa shape index (κ2) is 19.1. The quantitative estimate of drug-likeness (QED) is 0.151. The van der Waals surface area contributed by atoms with E-state index in [-0.39, 0.29) is 24.1 Å². The number of nitrogens with zero attached hydrogens (tertiary/aromatic N) is 1. The van der Waals surface area contributed by atoms with E-state index in [2.05, 4.69) is 13.5 Å². The van der Waals surface area contributed by atoms with Crippen molar-refractivity contribution >= 4 is 12.2 Å². The van der Waals surface area contributed by atoms with E-state index in [0.29, 0.717) is 70.5 Å². The number of carbonyl (C=O) groups is 2. The van der Waals surface area contributed by atoms with Crippen molar-refractivity contribution in [1.29, 1.82) is 0 Å². The molecule has 1 unspecified atom stereocenters. The zero-order chi connectivity index (χ0) is 25.0. The summed E-state index contributed by atoms with van der Waals surface area (Å²) in [6.07, 6.45) is 5.20. The van der Waals surface area contributed by atoms with Crippen molar-refractivity contribution in [2.75, 3.05) is 66.5 Å². The Kier molecular flexibility index (Phi) is 16.7. The molecule has 1 aromatic carbocycles. The molecule has 192 valence electrons. The van der Waals surface area contributed by atoms with Crippen molar-refractivity contribution in [2.45, 2.75) is 39.2 Å². The summed E-state index contributed by atoms with van der Waals surface area (Å²) in [5.41, 5.74) is 0.607. The number of aldehydes is 1. The number of benzene rings is 1. The topological polar surface area (TPSA) is 83.5 Å². The van der Waals surface area contributed by atoms with Gasteiger partial charge in [0.05, 0.1) is 58.4 Å². The van der Waals surface area contributed by atoms with Gasteiger partial charge in [0.15, 0.2) is 6.29 Å². The van der Waals surface area contributed by atoms with Crippen LogP contribution in [0, 0.1) is 0 Å². The molecule has 0 aromatic heterocycles. The molecule has 34 heavy (non-hydrogen) atoms. The van der Waals surface area contributed by atoms with Crippen LogP contribution in [0.2, 0.25) is 0 Å². The third kappa shape index (κ3) is 11.7. The predicted molar refractivity (Wildman–Crippen MR) is 132 cm³/mol. The molecule has 1 rings (SSSR count). The fourth-order valence-corrected chi connectivity index (χ4v) is 3.12. The van der Waals surface area contributed by atoms with Crippen LogP contribution in [-0.2, 0) is 18.9 Å². The highest BCUT2D eigenvalue weighted by molar-refractivity contribution is 6.03. The largest absolute Gasteiger partial charge is 0.490 e. The van der Waals surface area contributed by atoms with Gasteiger partial charge in [-0.3, -0.25) is 9.59 Å². The molecular weight excluding hydrogens is 438 g/mol. The molecule has 1 atom stereocenters. The molecule has 0 fully saturated rings. The van der Waals surface area contributed by atoms with Crippen molar-refractivity contribution < 1.29 is 33.3 Å². The monoisotopic (exact) mass is 479 g/mol. The maximum absolute atomic E-state index is 13.0. The van der Waals surface area contributed by atoms with E-state index in [1.54, 1.807) is 30.1 Å². The van der Waals surface area contributed by atoms with Crippen LogP contribution in [0.15, 0.2) is 30.9 Å². The van der Waals surface area contributed by atoms with Gasteiger partial charge in [-0.05, 0) is 25.8 Å². The molecule has 1 amide bonds. The van der Waals surface area contributed by atoms with E-state index in [0.717, 1.165) is 19.3 Å². The van der Waals surface area contributed by atoms with Crippen LogP contribution in [0.3, 0.4) is 0 Å². The van der Waals surface area contributed by atoms with Gasteiger partial charge in [0.2, 0.25) is 0 Å². The fraction of sp³-hybridized carbons (Fsp3) is 0.615. The maximum Gasteiger partial charge on any atom is 0.258 e. The first kappa shape index (κ1) is 29.8. The van der Waals surface area contributed by atoms with E-state index in [1.165, 1.54) is 0 Å². The summed E-state index contributed by atoms with van der Waals surface area (Å²) >= 11 is 0. The summed E-state index contributed by atoms with van der Waals surface area (Å²) in [4.78, 5) is 26.2. The first-order valence-electron chi connectivity index (χ1n) is 12.0. The Morgan fingerprint density at radius 3 is 2.06 bits per heavy atom. The molecule has 0 heterocycles. The average molecular weight is 480 g/mol. The van der Waals surface area contributed by atoms with Crippen LogP contribution in [0.4, 0.5) is 0 Å². The summed E-state index contributed by atoms with van der Waals surface area (Å²) in [7, 11) is 1.75. The van der Waals surface area contributed by atoms with Crippen molar-refractivity contribution in [1.82, 2.24) is 4.90 Å². The highest BCUT2D eigenvalue weighted by atomic mass is 16.6. The average Bonchev–Trinajstić information content (AvgIpc) is 2.85. The van der Waals surface area contributed by atoms with Crippen LogP contribution in [-0.4, -0.2) is 89.6 Å². The Hall–Kier alpha value is -2.26. The van der Waals surface area contributed by atoms with E-state index >= 15 is 0 Å². The summed E-state index contributed by atoms with van der Waals surface area (Å²) in [5.74, 6) is 0.161. The van der Waals surface area contributed by atoms with Gasteiger partial charge in [-0.25, -0.2) is 0 Å². The highest BCUT2D eigenvalue weighted by Crippen LogP contribution is 2.24. The lowest BCUT2D eigenvalue weighted by molar-refractivity contribution is -0.00419. The molecule has 0 N–H and O–H groups in total. The maximum atomic E-state index is 13.0. The molecular formula is C26H41NO7. The van der Waals surface area contributed by atoms with Crippen molar-refractivity contribution in [3.63, 3.8) is 0 Å². The van der Waals surface area contributed by atoms with Gasteiger partial charge in [0.1, 0.15) is 12.4 Å². The SMILES string of the molecule is C=CCCOCCOCCOCCOCCOc1cccc(C=O)c1C(=O)N(C)C(C)CCC. The predicted octanol–water partition coefficient (Wildman–Crippen LogP) is 3.78. The number of carbonyl (C=O) groups excluding carboxylic acids is 2. The highest BCUT2D eigenvalue weighted by Gasteiger charge is 2.23. The van der Waals surface area contributed by atoms with Crippen LogP contribution in [0.5, 0.6) is 5.75 Å². The lowest BCUT2D eigenvalue weighted by Gasteiger charge is -2.26. The zero-order valence-electron chi connectivity index (χ0n) is 21.0. The number of amides is 1. The van der Waals surface area contributed by atoms with Crippen molar-refractivity contribution in [2.24, 2.45) is 0 Å². The lowest BCUT2D eigenvalue weighted by atomic mass is 10.0. The van der Waals surface area contributed by atoms with Gasteiger partial charge in [0.25, 0.3) is 5.91 Å². The van der Waals surface area contributed by atoms with Crippen LogP contribution < -0.4 is 4.74 Å². The summed E-state index contributed by atoms with van der Waals surface area (Å²) in [6.45, 7) is 11.9. The van der Waals surface area contributed by atoms with Gasteiger partial charge >= 0.3 is 0 Å². The van der Waals surface area contributed by atoms with E-state index in [1.807, 2.05) is 13.0 Å². The number of hydrogen-bond acceptors (Lipinski definition) is 7. The summed E-state index contributed by atoms with van der Waals surface area (Å²) < 4.78 is 27.5. The number of rotatable bonds is 21. The van der Waals surface area contributed by atoms with Gasteiger partial charge in [0, 0.05) is 18.7 Å². The smallest absolute Gasteiger partial charge is 0.258 e. The third-order valence-corrected chi connectivity index (χ3v) is 5.15. The second-order valence-corrected chi connectivity index (χ2v) is 7.77. The Morgan fingerprint density at radius 1 is 0.971 bits per heavy atom. The van der Waals surface area contributed by atoms with Crippen molar-refractivity contribution in [3.05, 3.63) is 42.0 Å². The first-order valence-corrected chi connectivity index (χ1v) is 12.0. The summed E-state index contributed by atoms with van der Waals surface area (Å²) in [5, 5.41) is 0. The minimum absolute atomic E-state index is 0.0643. The van der Waals surface area contributed by atoms with E-state index < -0.39 is 0 Å². The molecule has 1 aromatic rings. The Morgan fingerprint density at radius 2 is 1.53 bits per heavy atom. The summed E-state index contributed by atoms with van der Waals surface area (Å²) in [6, 6.07) is 5.09. The normalized spacial score (nSPS) is 11.7. The molecule has 0 radical (unpaired) electrons. The molecule has 8 nitrogen and oxygen atoms in total. The molecule has 0 aliphatic carbocycles. The van der Waals surface area contributed by atoms with Crippen LogP contribution in [0.1, 0.15) is 53.8 Å². The van der Waals surface area contributed by atoms with Gasteiger partial charge in [-0.15, -0.1) is 6.58 Å². The van der Waals surface area contributed by atoms with E-state index in [9.17, 15) is 9.59 Å². The second-order valence-electron chi connectivity index (χ2n) is 7.77. The zero-order valence-corrected chi connectivity index (χ0v) is 21.0. The minimum atomic E-state index is -0.224. The van der Waals surface area contributed by atoms with Crippen molar-refractivity contribution in [3.8, 4) is 5.75 Å². The molecule has 0 spiro atoms.